The van der Waals surface area contributed by atoms with Crippen LogP contribution in [0.2, 0.25) is 0 Å². The van der Waals surface area contributed by atoms with Crippen LogP contribution in [0.5, 0.6) is 0 Å². The van der Waals surface area contributed by atoms with Gasteiger partial charge in [0, 0.05) is 24.8 Å². The number of sulfonamides is 1. The van der Waals surface area contributed by atoms with E-state index in [1.54, 1.807) is 32.9 Å². The third-order valence-electron chi connectivity index (χ3n) is 4.65. The Morgan fingerprint density at radius 2 is 1.66 bits per heavy atom. The zero-order chi connectivity index (χ0) is 23.4. The van der Waals surface area contributed by atoms with E-state index in [-0.39, 0.29) is 29.3 Å². The van der Waals surface area contributed by atoms with Crippen LogP contribution in [-0.4, -0.2) is 43.0 Å². The minimum Gasteiger partial charge on any atom is -0.325 e. The zero-order valence-electron chi connectivity index (χ0n) is 18.5. The number of anilines is 1. The number of carbonyl (C=O) groups is 2. The second-order valence-corrected chi connectivity index (χ2v) is 10.2. The minimum absolute atomic E-state index is 0.0213. The Bertz CT molecular complexity index is 1120. The molecule has 8 nitrogen and oxygen atoms in total. The van der Waals surface area contributed by atoms with Crippen LogP contribution in [0.3, 0.4) is 0 Å². The first-order chi connectivity index (χ1) is 15.0. The molecule has 2 aromatic carbocycles. The molecule has 0 aromatic heterocycles. The Hall–Kier alpha value is -3.04. The van der Waals surface area contributed by atoms with Crippen molar-refractivity contribution in [2.24, 2.45) is 5.10 Å². The number of para-hydroxylation sites is 1. The van der Waals surface area contributed by atoms with Gasteiger partial charge in [-0.2, -0.15) is 5.10 Å². The first kappa shape index (κ1) is 23.6. The van der Waals surface area contributed by atoms with Gasteiger partial charge in [-0.3, -0.25) is 9.59 Å². The second-order valence-electron chi connectivity index (χ2n) is 8.58. The maximum atomic E-state index is 12.7. The lowest BCUT2D eigenvalue weighted by Crippen LogP contribution is -2.40. The summed E-state index contributed by atoms with van der Waals surface area (Å²) >= 11 is 0. The molecule has 170 valence electrons. The van der Waals surface area contributed by atoms with Crippen LogP contribution >= 0.6 is 0 Å². The van der Waals surface area contributed by atoms with Crippen LogP contribution in [0.4, 0.5) is 5.69 Å². The molecule has 0 spiro atoms. The Kier molecular flexibility index (Phi) is 7.10. The lowest BCUT2D eigenvalue weighted by atomic mass is 10.1. The predicted octanol–water partition coefficient (Wildman–Crippen LogP) is 3.12. The van der Waals surface area contributed by atoms with Crippen molar-refractivity contribution >= 4 is 33.2 Å². The highest BCUT2D eigenvalue weighted by Crippen LogP contribution is 2.23. The Morgan fingerprint density at radius 1 is 1.00 bits per heavy atom. The molecule has 0 saturated carbocycles. The molecule has 0 saturated heterocycles. The van der Waals surface area contributed by atoms with Crippen LogP contribution in [0.15, 0.2) is 64.6 Å². The van der Waals surface area contributed by atoms with Gasteiger partial charge >= 0.3 is 0 Å². The molecule has 1 aliphatic rings. The molecule has 0 radical (unpaired) electrons. The molecular weight excluding hydrogens is 428 g/mol. The van der Waals surface area contributed by atoms with Gasteiger partial charge in [-0.05, 0) is 38.5 Å². The molecular formula is C23H28N4O4S. The number of nitrogens with one attached hydrogen (secondary N) is 2. The molecule has 0 fully saturated rings. The molecule has 0 unspecified atom stereocenters. The molecule has 0 atom stereocenters. The summed E-state index contributed by atoms with van der Waals surface area (Å²) in [6, 6.07) is 15.8. The number of nitrogens with zero attached hydrogens (tertiary/aromatic N) is 2. The van der Waals surface area contributed by atoms with Gasteiger partial charge in [0.25, 0.3) is 0 Å². The van der Waals surface area contributed by atoms with Crippen molar-refractivity contribution in [1.29, 1.82) is 0 Å². The third kappa shape index (κ3) is 6.24. The highest BCUT2D eigenvalue weighted by Gasteiger charge is 2.26. The number of rotatable bonds is 7. The first-order valence-electron chi connectivity index (χ1n) is 10.4. The van der Waals surface area contributed by atoms with Gasteiger partial charge in [0.1, 0.15) is 4.90 Å². The van der Waals surface area contributed by atoms with Crippen molar-refractivity contribution in [1.82, 2.24) is 9.73 Å². The van der Waals surface area contributed by atoms with E-state index in [1.807, 2.05) is 30.3 Å². The molecule has 2 amide bonds. The molecule has 1 aliphatic heterocycles. The largest absolute Gasteiger partial charge is 0.325 e. The van der Waals surface area contributed by atoms with Crippen molar-refractivity contribution < 1.29 is 18.0 Å². The van der Waals surface area contributed by atoms with Gasteiger partial charge in [0.2, 0.25) is 21.8 Å². The molecule has 0 aliphatic carbocycles. The fourth-order valence-corrected chi connectivity index (χ4v) is 4.88. The summed E-state index contributed by atoms with van der Waals surface area (Å²) in [5.74, 6) is -0.690. The van der Waals surface area contributed by atoms with Crippen LogP contribution < -0.4 is 10.0 Å². The number of carbonyl (C=O) groups excluding carboxylic acids is 2. The number of hydrogen-bond acceptors (Lipinski definition) is 5. The van der Waals surface area contributed by atoms with E-state index in [0.717, 1.165) is 11.3 Å². The molecule has 32 heavy (non-hydrogen) atoms. The van der Waals surface area contributed by atoms with E-state index in [0.29, 0.717) is 13.0 Å². The summed E-state index contributed by atoms with van der Waals surface area (Å²) in [5, 5.41) is 8.39. The van der Waals surface area contributed by atoms with Crippen LogP contribution in [-0.2, 0) is 19.6 Å². The SMILES string of the molecule is CC(C)(C)NS(=O)(=O)c1ccccc1NC(=O)CCC(=O)N1CCC(c2ccccc2)=N1. The van der Waals surface area contributed by atoms with E-state index < -0.39 is 21.5 Å². The number of hydrazone groups is 1. The van der Waals surface area contributed by atoms with Crippen molar-refractivity contribution in [2.75, 3.05) is 11.9 Å². The number of hydrogen-bond donors (Lipinski definition) is 2. The van der Waals surface area contributed by atoms with Gasteiger partial charge in [-0.25, -0.2) is 18.1 Å². The molecule has 2 aromatic rings. The summed E-state index contributed by atoms with van der Waals surface area (Å²) in [7, 11) is -3.83. The van der Waals surface area contributed by atoms with E-state index >= 15 is 0 Å². The summed E-state index contributed by atoms with van der Waals surface area (Å²) in [4.78, 5) is 24.9. The Balaban J connectivity index is 1.60. The topological polar surface area (TPSA) is 108 Å². The predicted molar refractivity (Wildman–Crippen MR) is 124 cm³/mol. The highest BCUT2D eigenvalue weighted by molar-refractivity contribution is 7.89. The van der Waals surface area contributed by atoms with Crippen molar-refractivity contribution in [2.45, 2.75) is 50.5 Å². The summed E-state index contributed by atoms with van der Waals surface area (Å²) in [6.45, 7) is 5.69. The van der Waals surface area contributed by atoms with Gasteiger partial charge in [0.05, 0.1) is 17.9 Å². The first-order valence-corrected chi connectivity index (χ1v) is 11.9. The molecule has 0 bridgehead atoms. The van der Waals surface area contributed by atoms with Crippen molar-refractivity contribution in [3.63, 3.8) is 0 Å². The van der Waals surface area contributed by atoms with Crippen molar-refractivity contribution in [3.05, 3.63) is 60.2 Å². The molecule has 9 heteroatoms. The normalized spacial score (nSPS) is 14.2. The van der Waals surface area contributed by atoms with Gasteiger partial charge in [0.15, 0.2) is 0 Å². The van der Waals surface area contributed by atoms with Gasteiger partial charge < -0.3 is 5.32 Å². The van der Waals surface area contributed by atoms with E-state index in [9.17, 15) is 18.0 Å². The fourth-order valence-electron chi connectivity index (χ4n) is 3.30. The van der Waals surface area contributed by atoms with Gasteiger partial charge in [-0.1, -0.05) is 42.5 Å². The maximum Gasteiger partial charge on any atom is 0.243 e. The molecule has 3 rings (SSSR count). The Labute approximate surface area is 188 Å². The fraction of sp³-hybridized carbons (Fsp3) is 0.348. The minimum atomic E-state index is -3.83. The quantitative estimate of drug-likeness (QED) is 0.667. The summed E-state index contributed by atoms with van der Waals surface area (Å²) < 4.78 is 28.0. The highest BCUT2D eigenvalue weighted by atomic mass is 32.2. The lowest BCUT2D eigenvalue weighted by Gasteiger charge is -2.21. The van der Waals surface area contributed by atoms with E-state index in [2.05, 4.69) is 15.1 Å². The average molecular weight is 457 g/mol. The Morgan fingerprint density at radius 3 is 2.34 bits per heavy atom. The number of benzene rings is 2. The van der Waals surface area contributed by atoms with E-state index in [4.69, 9.17) is 0 Å². The molecule has 1 heterocycles. The van der Waals surface area contributed by atoms with Crippen LogP contribution in [0, 0.1) is 0 Å². The summed E-state index contributed by atoms with van der Waals surface area (Å²) in [5.41, 5.74) is 1.32. The third-order valence-corrected chi connectivity index (χ3v) is 6.47. The van der Waals surface area contributed by atoms with Crippen molar-refractivity contribution in [3.8, 4) is 0 Å². The monoisotopic (exact) mass is 456 g/mol. The average Bonchev–Trinajstić information content (AvgIpc) is 3.22. The number of amides is 2. The maximum absolute atomic E-state index is 12.7. The smallest absolute Gasteiger partial charge is 0.243 e. The molecule has 2 N–H and O–H groups in total. The summed E-state index contributed by atoms with van der Waals surface area (Å²) in [6.07, 6.45) is 0.563. The second kappa shape index (κ2) is 9.62. The lowest BCUT2D eigenvalue weighted by molar-refractivity contribution is -0.132. The van der Waals surface area contributed by atoms with Crippen LogP contribution in [0.25, 0.3) is 0 Å². The van der Waals surface area contributed by atoms with E-state index in [1.165, 1.54) is 17.1 Å². The zero-order valence-corrected chi connectivity index (χ0v) is 19.3. The van der Waals surface area contributed by atoms with Crippen LogP contribution in [0.1, 0.15) is 45.6 Å². The standard InChI is InChI=1S/C23H28N4O4S/c1-23(2,3)26-32(30,31)20-12-8-7-11-19(20)24-21(28)13-14-22(29)27-16-15-18(25-27)17-9-5-4-6-10-17/h4-12,26H,13-16H2,1-3H3,(H,24,28). The van der Waals surface area contributed by atoms with Gasteiger partial charge in [-0.15, -0.1) is 0 Å².